The lowest BCUT2D eigenvalue weighted by molar-refractivity contribution is -0.139. The number of amides is 1. The van der Waals surface area contributed by atoms with E-state index in [1.54, 1.807) is 12.4 Å². The van der Waals surface area contributed by atoms with Crippen LogP contribution in [0.2, 0.25) is 0 Å². The van der Waals surface area contributed by atoms with Crippen LogP contribution < -0.4 is 4.74 Å². The predicted octanol–water partition coefficient (Wildman–Crippen LogP) is 2.64. The van der Waals surface area contributed by atoms with E-state index in [0.717, 1.165) is 68.8 Å². The Morgan fingerprint density at radius 3 is 2.79 bits per heavy atom. The van der Waals surface area contributed by atoms with Gasteiger partial charge in [-0.1, -0.05) is 0 Å². The standard InChI is InChI=1S/C21H28N4O3/c26-17-5-3-16(4-6-17)21(27)25-11-1-2-15(13-25)14-28-18-7-8-19(22-12-18)20-9-10-23-24-20/h7-10,12,15-17,26H,1-6,11,13-14H2,(H,23,24)/t15-,16-,17+/m1/s1. The monoisotopic (exact) mass is 384 g/mol. The van der Waals surface area contributed by atoms with Crippen molar-refractivity contribution in [2.45, 2.75) is 44.6 Å². The van der Waals surface area contributed by atoms with Gasteiger partial charge in [-0.25, -0.2) is 0 Å². The number of rotatable bonds is 5. The number of aromatic nitrogens is 3. The molecule has 1 aliphatic carbocycles. The first-order chi connectivity index (χ1) is 13.7. The first kappa shape index (κ1) is 18.9. The number of carbonyl (C=O) groups is 1. The number of ether oxygens (including phenoxy) is 1. The number of nitrogens with zero attached hydrogens (tertiary/aromatic N) is 3. The average Bonchev–Trinajstić information content (AvgIpc) is 3.28. The summed E-state index contributed by atoms with van der Waals surface area (Å²) in [7, 11) is 0. The molecule has 2 fully saturated rings. The normalized spacial score (nSPS) is 25.5. The van der Waals surface area contributed by atoms with E-state index >= 15 is 0 Å². The fourth-order valence-electron chi connectivity index (χ4n) is 4.22. The Hall–Kier alpha value is -2.41. The highest BCUT2D eigenvalue weighted by Crippen LogP contribution is 2.28. The summed E-state index contributed by atoms with van der Waals surface area (Å²) in [4.78, 5) is 19.2. The highest BCUT2D eigenvalue weighted by atomic mass is 16.5. The van der Waals surface area contributed by atoms with E-state index in [1.807, 2.05) is 23.1 Å². The maximum atomic E-state index is 12.8. The Labute approximate surface area is 165 Å². The number of likely N-dealkylation sites (tertiary alicyclic amines) is 1. The van der Waals surface area contributed by atoms with Crippen molar-refractivity contribution >= 4 is 5.91 Å². The molecule has 1 saturated heterocycles. The predicted molar refractivity (Wildman–Crippen MR) is 105 cm³/mol. The third-order valence-corrected chi connectivity index (χ3v) is 5.88. The second-order valence-corrected chi connectivity index (χ2v) is 7.96. The molecule has 0 bridgehead atoms. The quantitative estimate of drug-likeness (QED) is 0.827. The largest absolute Gasteiger partial charge is 0.492 e. The van der Waals surface area contributed by atoms with Gasteiger partial charge in [-0.15, -0.1) is 0 Å². The topological polar surface area (TPSA) is 91.3 Å². The molecule has 1 aliphatic heterocycles. The van der Waals surface area contributed by atoms with Gasteiger partial charge in [0, 0.05) is 31.1 Å². The molecule has 0 aromatic carbocycles. The van der Waals surface area contributed by atoms with Gasteiger partial charge in [0.25, 0.3) is 0 Å². The molecule has 1 saturated carbocycles. The first-order valence-corrected chi connectivity index (χ1v) is 10.2. The fourth-order valence-corrected chi connectivity index (χ4v) is 4.22. The Bertz CT molecular complexity index is 754. The van der Waals surface area contributed by atoms with Gasteiger partial charge in [0.2, 0.25) is 5.91 Å². The summed E-state index contributed by atoms with van der Waals surface area (Å²) in [5, 5.41) is 16.5. The van der Waals surface area contributed by atoms with Crippen molar-refractivity contribution in [2.24, 2.45) is 11.8 Å². The minimum absolute atomic E-state index is 0.0855. The number of hydrogen-bond donors (Lipinski definition) is 2. The van der Waals surface area contributed by atoms with E-state index in [2.05, 4.69) is 15.2 Å². The molecule has 2 N–H and O–H groups in total. The van der Waals surface area contributed by atoms with Gasteiger partial charge in [-0.05, 0) is 56.7 Å². The van der Waals surface area contributed by atoms with Crippen LogP contribution in [0.3, 0.4) is 0 Å². The molecule has 1 amide bonds. The van der Waals surface area contributed by atoms with Crippen LogP contribution in [-0.2, 0) is 4.79 Å². The highest BCUT2D eigenvalue weighted by molar-refractivity contribution is 5.79. The van der Waals surface area contributed by atoms with Crippen molar-refractivity contribution in [1.82, 2.24) is 20.1 Å². The fraction of sp³-hybridized carbons (Fsp3) is 0.571. The Balaban J connectivity index is 1.27. The van der Waals surface area contributed by atoms with E-state index in [1.165, 1.54) is 0 Å². The average molecular weight is 384 g/mol. The lowest BCUT2D eigenvalue weighted by atomic mass is 9.85. The summed E-state index contributed by atoms with van der Waals surface area (Å²) >= 11 is 0. The van der Waals surface area contributed by atoms with Crippen molar-refractivity contribution in [2.75, 3.05) is 19.7 Å². The van der Waals surface area contributed by atoms with Crippen LogP contribution in [0.15, 0.2) is 30.6 Å². The molecule has 2 aliphatic rings. The zero-order chi connectivity index (χ0) is 19.3. The Morgan fingerprint density at radius 1 is 1.21 bits per heavy atom. The maximum absolute atomic E-state index is 12.8. The number of hydrogen-bond acceptors (Lipinski definition) is 5. The number of pyridine rings is 1. The molecular weight excluding hydrogens is 356 g/mol. The molecule has 2 aromatic heterocycles. The molecule has 0 radical (unpaired) electrons. The van der Waals surface area contributed by atoms with Gasteiger partial charge in [-0.2, -0.15) is 5.10 Å². The lowest BCUT2D eigenvalue weighted by Gasteiger charge is -2.36. The minimum Gasteiger partial charge on any atom is -0.492 e. The molecule has 1 atom stereocenters. The van der Waals surface area contributed by atoms with Crippen LogP contribution in [0.25, 0.3) is 11.4 Å². The van der Waals surface area contributed by atoms with Crippen molar-refractivity contribution in [1.29, 1.82) is 0 Å². The van der Waals surface area contributed by atoms with Crippen LogP contribution in [0.4, 0.5) is 0 Å². The molecule has 7 heteroatoms. The summed E-state index contributed by atoms with van der Waals surface area (Å²) in [5.74, 6) is 1.44. The van der Waals surface area contributed by atoms with Crippen molar-refractivity contribution in [3.05, 3.63) is 30.6 Å². The third kappa shape index (κ3) is 4.52. The molecule has 4 rings (SSSR count). The molecule has 2 aromatic rings. The lowest BCUT2D eigenvalue weighted by Crippen LogP contribution is -2.45. The molecule has 0 spiro atoms. The second kappa shape index (κ2) is 8.73. The van der Waals surface area contributed by atoms with Crippen LogP contribution in [0, 0.1) is 11.8 Å². The van der Waals surface area contributed by atoms with E-state index in [9.17, 15) is 9.90 Å². The number of nitrogens with one attached hydrogen (secondary N) is 1. The molecule has 7 nitrogen and oxygen atoms in total. The summed E-state index contributed by atoms with van der Waals surface area (Å²) < 4.78 is 5.95. The van der Waals surface area contributed by atoms with Gasteiger partial charge in [-0.3, -0.25) is 14.9 Å². The Morgan fingerprint density at radius 2 is 2.07 bits per heavy atom. The van der Waals surface area contributed by atoms with Gasteiger partial charge in [0.1, 0.15) is 5.75 Å². The van der Waals surface area contributed by atoms with E-state index in [4.69, 9.17) is 4.74 Å². The summed E-state index contributed by atoms with van der Waals surface area (Å²) in [6.07, 6.45) is 8.43. The van der Waals surface area contributed by atoms with Gasteiger partial charge in [0.05, 0.1) is 30.3 Å². The number of carbonyl (C=O) groups excluding carboxylic acids is 1. The first-order valence-electron chi connectivity index (χ1n) is 10.2. The molecular formula is C21H28N4O3. The van der Waals surface area contributed by atoms with Crippen molar-refractivity contribution in [3.63, 3.8) is 0 Å². The zero-order valence-electron chi connectivity index (χ0n) is 16.1. The number of aliphatic hydroxyl groups is 1. The van der Waals surface area contributed by atoms with Crippen LogP contribution in [-0.4, -0.2) is 56.9 Å². The van der Waals surface area contributed by atoms with Crippen LogP contribution >= 0.6 is 0 Å². The van der Waals surface area contributed by atoms with E-state index < -0.39 is 0 Å². The van der Waals surface area contributed by atoms with E-state index in [0.29, 0.717) is 12.5 Å². The molecule has 0 unspecified atom stereocenters. The second-order valence-electron chi connectivity index (χ2n) is 7.96. The SMILES string of the molecule is O=C([C@H]1CC[C@@H](O)CC1)N1CCC[C@@H](COc2ccc(-c3ccn[nH]3)nc2)C1. The Kier molecular flexibility index (Phi) is 5.90. The molecule has 3 heterocycles. The van der Waals surface area contributed by atoms with Gasteiger partial charge in [0.15, 0.2) is 0 Å². The van der Waals surface area contributed by atoms with Gasteiger partial charge < -0.3 is 14.7 Å². The summed E-state index contributed by atoms with van der Waals surface area (Å²) in [5.41, 5.74) is 1.71. The van der Waals surface area contributed by atoms with Crippen molar-refractivity contribution in [3.8, 4) is 17.1 Å². The molecule has 28 heavy (non-hydrogen) atoms. The summed E-state index contributed by atoms with van der Waals surface area (Å²) in [6.45, 7) is 2.20. The zero-order valence-corrected chi connectivity index (χ0v) is 16.1. The smallest absolute Gasteiger partial charge is 0.225 e. The number of H-pyrrole nitrogens is 1. The van der Waals surface area contributed by atoms with Crippen LogP contribution in [0.1, 0.15) is 38.5 Å². The van der Waals surface area contributed by atoms with Crippen LogP contribution in [0.5, 0.6) is 5.75 Å². The third-order valence-electron chi connectivity index (χ3n) is 5.88. The highest BCUT2D eigenvalue weighted by Gasteiger charge is 2.31. The minimum atomic E-state index is -0.222. The number of aliphatic hydroxyl groups excluding tert-OH is 1. The maximum Gasteiger partial charge on any atom is 0.225 e. The number of aromatic amines is 1. The number of piperidine rings is 1. The van der Waals surface area contributed by atoms with Gasteiger partial charge >= 0.3 is 0 Å². The summed E-state index contributed by atoms with van der Waals surface area (Å²) in [6, 6.07) is 5.71. The van der Waals surface area contributed by atoms with Crippen molar-refractivity contribution < 1.29 is 14.6 Å². The molecule has 150 valence electrons. The van der Waals surface area contributed by atoms with E-state index in [-0.39, 0.29) is 17.9 Å².